The lowest BCUT2D eigenvalue weighted by molar-refractivity contribution is 0.660. The van der Waals surface area contributed by atoms with Crippen molar-refractivity contribution in [3.05, 3.63) is 205 Å². The van der Waals surface area contributed by atoms with Gasteiger partial charge < -0.3 is 0 Å². The molecule has 2 heterocycles. The fourth-order valence-electron chi connectivity index (χ4n) is 8.24. The van der Waals surface area contributed by atoms with Crippen LogP contribution in [0, 0.1) is 11.3 Å². The smallest absolute Gasteiger partial charge is 0.164 e. The Hall–Kier alpha value is -7.81. The number of aromatic nitrogens is 4. The van der Waals surface area contributed by atoms with E-state index in [-0.39, 0.29) is 5.41 Å². The zero-order chi connectivity index (χ0) is 39.9. The van der Waals surface area contributed by atoms with Crippen LogP contribution in [0.3, 0.4) is 0 Å². The van der Waals surface area contributed by atoms with Crippen LogP contribution in [0.1, 0.15) is 30.5 Å². The predicted molar refractivity (Wildman–Crippen MR) is 238 cm³/mol. The maximum absolute atomic E-state index is 9.71. The van der Waals surface area contributed by atoms with E-state index < -0.39 is 0 Å². The molecule has 5 nitrogen and oxygen atoms in total. The maximum Gasteiger partial charge on any atom is 0.164 e. The van der Waals surface area contributed by atoms with Gasteiger partial charge in [-0.15, -0.1) is 0 Å². The van der Waals surface area contributed by atoms with E-state index in [0.29, 0.717) is 23.0 Å². The zero-order valence-corrected chi connectivity index (χ0v) is 32.6. The van der Waals surface area contributed by atoms with Gasteiger partial charge in [0.05, 0.1) is 17.3 Å². The van der Waals surface area contributed by atoms with E-state index in [1.165, 1.54) is 22.3 Å². The van der Waals surface area contributed by atoms with Crippen LogP contribution in [0.25, 0.3) is 89.9 Å². The second-order valence-corrected chi connectivity index (χ2v) is 15.5. The van der Waals surface area contributed by atoms with Crippen molar-refractivity contribution in [1.29, 1.82) is 5.26 Å². The number of fused-ring (bicyclic) bond motifs is 3. The lowest BCUT2D eigenvalue weighted by atomic mass is 9.81. The van der Waals surface area contributed by atoms with Gasteiger partial charge in [0.15, 0.2) is 17.5 Å². The van der Waals surface area contributed by atoms with Gasteiger partial charge in [0.25, 0.3) is 0 Å². The Morgan fingerprint density at radius 1 is 0.390 bits per heavy atom. The Morgan fingerprint density at radius 3 is 1.47 bits per heavy atom. The molecule has 0 saturated heterocycles. The molecule has 278 valence electrons. The summed E-state index contributed by atoms with van der Waals surface area (Å²) in [5.41, 5.74) is 16.4. The van der Waals surface area contributed by atoms with Crippen LogP contribution in [0.2, 0.25) is 0 Å². The van der Waals surface area contributed by atoms with E-state index in [2.05, 4.69) is 140 Å². The molecule has 7 aromatic carbocycles. The van der Waals surface area contributed by atoms with Crippen LogP contribution >= 0.6 is 0 Å². The average molecular weight is 756 g/mol. The van der Waals surface area contributed by atoms with E-state index in [4.69, 9.17) is 15.0 Å². The molecule has 0 bridgehead atoms. The molecule has 0 fully saturated rings. The van der Waals surface area contributed by atoms with Crippen LogP contribution in [-0.2, 0) is 5.41 Å². The molecule has 0 spiro atoms. The summed E-state index contributed by atoms with van der Waals surface area (Å²) in [6.45, 7) is 4.49. The monoisotopic (exact) mass is 755 g/mol. The molecule has 0 saturated carbocycles. The molecule has 5 heteroatoms. The van der Waals surface area contributed by atoms with Crippen molar-refractivity contribution < 1.29 is 0 Å². The fraction of sp³-hybridized carbons (Fsp3) is 0.0556. The van der Waals surface area contributed by atoms with Crippen LogP contribution in [0.4, 0.5) is 0 Å². The first-order chi connectivity index (χ1) is 28.9. The summed E-state index contributed by atoms with van der Waals surface area (Å²) in [6.07, 6.45) is 1.82. The highest BCUT2D eigenvalue weighted by Gasteiger charge is 2.36. The third-order valence-corrected chi connectivity index (χ3v) is 11.4. The van der Waals surface area contributed by atoms with Gasteiger partial charge >= 0.3 is 0 Å². The second kappa shape index (κ2) is 14.6. The van der Waals surface area contributed by atoms with Gasteiger partial charge in [0.2, 0.25) is 0 Å². The second-order valence-electron chi connectivity index (χ2n) is 15.5. The van der Waals surface area contributed by atoms with Crippen LogP contribution < -0.4 is 0 Å². The van der Waals surface area contributed by atoms with Crippen molar-refractivity contribution in [2.45, 2.75) is 19.3 Å². The van der Waals surface area contributed by atoms with Crippen molar-refractivity contribution in [2.24, 2.45) is 0 Å². The van der Waals surface area contributed by atoms with Crippen LogP contribution in [0.5, 0.6) is 0 Å². The summed E-state index contributed by atoms with van der Waals surface area (Å²) < 4.78 is 0. The molecular formula is C54H37N5. The van der Waals surface area contributed by atoms with Crippen LogP contribution in [0.15, 0.2) is 188 Å². The Bertz CT molecular complexity index is 3040. The minimum atomic E-state index is -0.279. The minimum Gasteiger partial charge on any atom is -0.256 e. The molecule has 0 radical (unpaired) electrons. The molecule has 1 aliphatic carbocycles. The van der Waals surface area contributed by atoms with Gasteiger partial charge in [-0.05, 0) is 104 Å². The molecule has 0 N–H and O–H groups in total. The highest BCUT2D eigenvalue weighted by atomic mass is 15.0. The van der Waals surface area contributed by atoms with E-state index in [0.717, 1.165) is 61.3 Å². The van der Waals surface area contributed by atoms with Crippen LogP contribution in [-0.4, -0.2) is 19.9 Å². The van der Waals surface area contributed by atoms with Crippen molar-refractivity contribution in [3.63, 3.8) is 0 Å². The molecule has 59 heavy (non-hydrogen) atoms. The summed E-state index contributed by atoms with van der Waals surface area (Å²) in [4.78, 5) is 20.0. The number of nitrogens with zero attached hydrogens (tertiary/aromatic N) is 5. The fourth-order valence-corrected chi connectivity index (χ4v) is 8.24. The highest BCUT2D eigenvalue weighted by molar-refractivity contribution is 5.86. The Morgan fingerprint density at radius 2 is 0.847 bits per heavy atom. The standard InChI is InChI=1S/C54H37N5/c1-54(2)48-29-35(34-55)16-26-46(48)47-27-25-42(33-49(47)54)44-30-43(38-17-21-39(22-18-38)50-15-9-10-28-56-50)31-45(32-44)53-58-51(40-13-7-4-8-14-40)57-52(59-53)41-23-19-37(20-24-41)36-11-5-3-6-12-36/h3-33H,1-2H3. The number of pyridine rings is 1. The summed E-state index contributed by atoms with van der Waals surface area (Å²) in [5, 5.41) is 9.71. The zero-order valence-electron chi connectivity index (χ0n) is 32.6. The van der Waals surface area contributed by atoms with Gasteiger partial charge in [-0.2, -0.15) is 5.26 Å². The first-order valence-corrected chi connectivity index (χ1v) is 19.8. The number of nitriles is 1. The van der Waals surface area contributed by atoms with Gasteiger partial charge in [0, 0.05) is 33.9 Å². The number of rotatable bonds is 7. The first-order valence-electron chi connectivity index (χ1n) is 19.8. The topological polar surface area (TPSA) is 75.3 Å². The lowest BCUT2D eigenvalue weighted by Crippen LogP contribution is -2.15. The van der Waals surface area contributed by atoms with Crippen molar-refractivity contribution in [2.75, 3.05) is 0 Å². The highest BCUT2D eigenvalue weighted by Crippen LogP contribution is 2.50. The van der Waals surface area contributed by atoms with Crippen molar-refractivity contribution in [3.8, 4) is 96.0 Å². The lowest BCUT2D eigenvalue weighted by Gasteiger charge is -2.22. The molecule has 0 amide bonds. The molecule has 0 unspecified atom stereocenters. The maximum atomic E-state index is 9.71. The molecule has 2 aromatic heterocycles. The largest absolute Gasteiger partial charge is 0.256 e. The molecule has 1 aliphatic rings. The molecule has 10 rings (SSSR count). The number of benzene rings is 7. The molecule has 0 aliphatic heterocycles. The third-order valence-electron chi connectivity index (χ3n) is 11.4. The average Bonchev–Trinajstić information content (AvgIpc) is 3.54. The molecule has 0 atom stereocenters. The predicted octanol–water partition coefficient (Wildman–Crippen LogP) is 13.1. The summed E-state index contributed by atoms with van der Waals surface area (Å²) in [5.74, 6) is 1.80. The van der Waals surface area contributed by atoms with Gasteiger partial charge in [-0.3, -0.25) is 4.98 Å². The van der Waals surface area contributed by atoms with E-state index in [9.17, 15) is 5.26 Å². The Labute approximate surface area is 344 Å². The number of hydrogen-bond acceptors (Lipinski definition) is 5. The minimum absolute atomic E-state index is 0.279. The summed E-state index contributed by atoms with van der Waals surface area (Å²) >= 11 is 0. The number of hydrogen-bond donors (Lipinski definition) is 0. The Balaban J connectivity index is 1.13. The van der Waals surface area contributed by atoms with E-state index in [1.54, 1.807) is 0 Å². The van der Waals surface area contributed by atoms with Gasteiger partial charge in [-0.1, -0.05) is 147 Å². The van der Waals surface area contributed by atoms with E-state index in [1.807, 2.05) is 72.9 Å². The molecule has 9 aromatic rings. The van der Waals surface area contributed by atoms with Crippen molar-refractivity contribution >= 4 is 0 Å². The normalized spacial score (nSPS) is 12.4. The first kappa shape index (κ1) is 35.6. The Kier molecular flexibility index (Phi) is 8.81. The third kappa shape index (κ3) is 6.67. The van der Waals surface area contributed by atoms with E-state index >= 15 is 0 Å². The summed E-state index contributed by atoms with van der Waals surface area (Å²) in [6, 6.07) is 65.2. The quantitative estimate of drug-likeness (QED) is 0.162. The van der Waals surface area contributed by atoms with Gasteiger partial charge in [-0.25, -0.2) is 15.0 Å². The SMILES string of the molecule is CC1(C)c2cc(C#N)ccc2-c2ccc(-c3cc(-c4ccc(-c5ccccn5)cc4)cc(-c4nc(-c5ccccc5)nc(-c5ccc(-c6ccccc6)cc5)n4)c3)cc21. The molecular weight excluding hydrogens is 719 g/mol. The van der Waals surface area contributed by atoms with Crippen molar-refractivity contribution in [1.82, 2.24) is 19.9 Å². The van der Waals surface area contributed by atoms with Gasteiger partial charge in [0.1, 0.15) is 0 Å². The summed E-state index contributed by atoms with van der Waals surface area (Å²) in [7, 11) is 0.